The summed E-state index contributed by atoms with van der Waals surface area (Å²) in [5, 5.41) is 23.4. The molecule has 2 unspecified atom stereocenters. The zero-order valence-electron chi connectivity index (χ0n) is 49.5. The number of amides is 1. The van der Waals surface area contributed by atoms with E-state index in [1.165, 1.54) is 180 Å². The van der Waals surface area contributed by atoms with Gasteiger partial charge in [0.25, 0.3) is 0 Å². The van der Waals surface area contributed by atoms with Crippen LogP contribution >= 0.6 is 0 Å². The lowest BCUT2D eigenvalue weighted by Gasteiger charge is -2.22. The van der Waals surface area contributed by atoms with Crippen molar-refractivity contribution in [1.82, 2.24) is 5.32 Å². The Kier molecular flexibility index (Phi) is 62.3. The number of hydrogen-bond acceptors (Lipinski definition) is 3. The summed E-state index contributed by atoms with van der Waals surface area (Å²) in [6, 6.07) is -0.550. The van der Waals surface area contributed by atoms with Crippen LogP contribution in [0.3, 0.4) is 0 Å². The van der Waals surface area contributed by atoms with Gasteiger partial charge in [0.15, 0.2) is 0 Å². The lowest BCUT2D eigenvalue weighted by molar-refractivity contribution is -0.123. The van der Waals surface area contributed by atoms with Gasteiger partial charge in [-0.1, -0.05) is 328 Å². The number of aliphatic hydroxyl groups is 2. The lowest BCUT2D eigenvalue weighted by atomic mass is 10.0. The Morgan fingerprint density at radius 3 is 0.880 bits per heavy atom. The summed E-state index contributed by atoms with van der Waals surface area (Å²) in [6.45, 7) is 4.26. The molecule has 0 rings (SSSR count). The second-order valence-corrected chi connectivity index (χ2v) is 21.5. The molecule has 2 atom stereocenters. The van der Waals surface area contributed by atoms with Crippen LogP contribution in [0.1, 0.15) is 303 Å². The van der Waals surface area contributed by atoms with Crippen LogP contribution in [0.4, 0.5) is 0 Å². The lowest BCUT2D eigenvalue weighted by Crippen LogP contribution is -2.45. The molecule has 0 aromatic heterocycles. The molecule has 0 fully saturated rings. The highest BCUT2D eigenvalue weighted by molar-refractivity contribution is 5.76. The van der Waals surface area contributed by atoms with Gasteiger partial charge in [-0.2, -0.15) is 0 Å². The summed E-state index contributed by atoms with van der Waals surface area (Å²) in [5.41, 5.74) is 0. The van der Waals surface area contributed by atoms with E-state index in [9.17, 15) is 15.0 Å². The third-order valence-corrected chi connectivity index (χ3v) is 14.2. The molecule has 0 heterocycles. The Labute approximate surface area is 467 Å². The molecular weight excluding hydrogens is 915 g/mol. The largest absolute Gasteiger partial charge is 0.394 e. The minimum atomic E-state index is -0.672. The van der Waals surface area contributed by atoms with Crippen LogP contribution in [0.2, 0.25) is 0 Å². The summed E-state index contributed by atoms with van der Waals surface area (Å²) in [5.74, 6) is -0.0413. The number of carbonyl (C=O) groups excluding carboxylic acids is 1. The van der Waals surface area contributed by atoms with E-state index in [1.807, 2.05) is 0 Å². The van der Waals surface area contributed by atoms with Gasteiger partial charge in [0.1, 0.15) is 0 Å². The van der Waals surface area contributed by atoms with Crippen molar-refractivity contribution in [2.75, 3.05) is 6.61 Å². The standard InChI is InChI=1S/C71H123NO3/c1-3-5-7-9-11-13-15-17-19-21-23-25-27-29-30-31-32-33-34-35-36-37-38-39-40-41-42-43-45-47-49-51-53-55-57-59-61-63-65-67-71(75)72-69(68-73)70(74)66-64-62-60-58-56-54-52-50-48-46-44-28-26-24-22-20-18-16-14-12-10-8-6-4-2/h5,7,11,13,17,19,23,25,29-30,32-33,35-36,38-39,41-42,45,47,69-70,73-74H,3-4,6,8-10,12,14-16,18,20-22,24,26-28,31,34,37,40,43-44,46,48-68H2,1-2H3,(H,72,75)/b7-5-,13-11-,19-17-,25-23-,30-29-,33-32-,36-35-,39-38-,42-41-,47-45-. The van der Waals surface area contributed by atoms with Gasteiger partial charge in [-0.25, -0.2) is 0 Å². The molecule has 0 aliphatic rings. The van der Waals surface area contributed by atoms with Crippen LogP contribution in [0.25, 0.3) is 0 Å². The van der Waals surface area contributed by atoms with Crippen molar-refractivity contribution >= 4 is 5.91 Å². The summed E-state index contributed by atoms with van der Waals surface area (Å²) < 4.78 is 0. The van der Waals surface area contributed by atoms with Gasteiger partial charge in [-0.05, 0) is 89.9 Å². The molecule has 1 amide bonds. The molecule has 0 saturated carbocycles. The van der Waals surface area contributed by atoms with Crippen LogP contribution in [0.5, 0.6) is 0 Å². The van der Waals surface area contributed by atoms with Gasteiger partial charge in [0.2, 0.25) is 5.91 Å². The minimum absolute atomic E-state index is 0.0413. The molecule has 3 N–H and O–H groups in total. The summed E-state index contributed by atoms with van der Waals surface area (Å²) in [4.78, 5) is 12.5. The molecule has 0 bridgehead atoms. The predicted octanol–water partition coefficient (Wildman–Crippen LogP) is 22.0. The van der Waals surface area contributed by atoms with E-state index in [2.05, 4.69) is 141 Å². The van der Waals surface area contributed by atoms with Crippen molar-refractivity contribution in [2.24, 2.45) is 0 Å². The first-order chi connectivity index (χ1) is 37.2. The number of rotatable bonds is 58. The second-order valence-electron chi connectivity index (χ2n) is 21.5. The first-order valence-corrected chi connectivity index (χ1v) is 32.2. The van der Waals surface area contributed by atoms with Gasteiger partial charge < -0.3 is 15.5 Å². The fourth-order valence-electron chi connectivity index (χ4n) is 9.39. The van der Waals surface area contributed by atoms with Gasteiger partial charge in [-0.3, -0.25) is 4.79 Å². The molecule has 75 heavy (non-hydrogen) atoms. The number of nitrogens with one attached hydrogen (secondary N) is 1. The molecule has 430 valence electrons. The average Bonchev–Trinajstić information content (AvgIpc) is 3.41. The van der Waals surface area contributed by atoms with Crippen molar-refractivity contribution < 1.29 is 15.0 Å². The number of allylic oxidation sites excluding steroid dienone is 20. The van der Waals surface area contributed by atoms with Crippen LogP contribution < -0.4 is 5.32 Å². The Morgan fingerprint density at radius 1 is 0.333 bits per heavy atom. The Balaban J connectivity index is 3.57. The first kappa shape index (κ1) is 71.8. The Hall–Kier alpha value is -3.21. The fourth-order valence-corrected chi connectivity index (χ4v) is 9.39. The minimum Gasteiger partial charge on any atom is -0.394 e. The van der Waals surface area contributed by atoms with Crippen LogP contribution in [-0.2, 0) is 4.79 Å². The second kappa shape index (κ2) is 65.1. The maximum Gasteiger partial charge on any atom is 0.220 e. The first-order valence-electron chi connectivity index (χ1n) is 32.2. The number of aliphatic hydroxyl groups excluding tert-OH is 2. The van der Waals surface area contributed by atoms with Gasteiger partial charge in [0, 0.05) is 6.42 Å². The number of hydrogen-bond donors (Lipinski definition) is 3. The normalized spacial score (nSPS) is 13.6. The van der Waals surface area contributed by atoms with Crippen LogP contribution in [-0.4, -0.2) is 34.9 Å². The summed E-state index contributed by atoms with van der Waals surface area (Å²) in [6.07, 6.45) is 99.2. The van der Waals surface area contributed by atoms with E-state index >= 15 is 0 Å². The van der Waals surface area contributed by atoms with Crippen molar-refractivity contribution in [1.29, 1.82) is 0 Å². The molecule has 0 saturated heterocycles. The van der Waals surface area contributed by atoms with E-state index in [4.69, 9.17) is 0 Å². The van der Waals surface area contributed by atoms with E-state index in [-0.39, 0.29) is 12.5 Å². The quantitative estimate of drug-likeness (QED) is 0.0420. The van der Waals surface area contributed by atoms with Gasteiger partial charge in [0.05, 0.1) is 18.8 Å². The van der Waals surface area contributed by atoms with E-state index in [1.54, 1.807) is 0 Å². The fraction of sp³-hybridized carbons (Fsp3) is 0.704. The Morgan fingerprint density at radius 2 is 0.587 bits per heavy atom. The molecule has 0 aliphatic carbocycles. The molecule has 0 aromatic carbocycles. The third kappa shape index (κ3) is 61.5. The zero-order chi connectivity index (χ0) is 54.1. The monoisotopic (exact) mass is 1040 g/mol. The van der Waals surface area contributed by atoms with Crippen molar-refractivity contribution in [3.8, 4) is 0 Å². The summed E-state index contributed by atoms with van der Waals surface area (Å²) in [7, 11) is 0. The van der Waals surface area contributed by atoms with Gasteiger partial charge >= 0.3 is 0 Å². The van der Waals surface area contributed by atoms with E-state index < -0.39 is 12.1 Å². The predicted molar refractivity (Wildman–Crippen MR) is 336 cm³/mol. The molecule has 0 radical (unpaired) electrons. The van der Waals surface area contributed by atoms with Crippen molar-refractivity contribution in [2.45, 2.75) is 315 Å². The van der Waals surface area contributed by atoms with Gasteiger partial charge in [-0.15, -0.1) is 0 Å². The van der Waals surface area contributed by atoms with E-state index in [0.29, 0.717) is 12.8 Å². The molecule has 4 heteroatoms. The van der Waals surface area contributed by atoms with Crippen LogP contribution in [0, 0.1) is 0 Å². The zero-order valence-corrected chi connectivity index (χ0v) is 49.5. The van der Waals surface area contributed by atoms with Crippen molar-refractivity contribution in [3.63, 3.8) is 0 Å². The Bertz CT molecular complexity index is 1460. The topological polar surface area (TPSA) is 69.6 Å². The highest BCUT2D eigenvalue weighted by atomic mass is 16.3. The SMILES string of the molecule is CC/C=C\C/C=C\C/C=C\C/C=C\C/C=C\C/C=C\C/C=C\C/C=C\C/C=C\C/C=C\CCCCCCCCCCC(=O)NC(CO)C(O)CCCCCCCCCCCCCCCCCCCCCCCCCC. The highest BCUT2D eigenvalue weighted by Crippen LogP contribution is 2.17. The third-order valence-electron chi connectivity index (χ3n) is 14.2. The van der Waals surface area contributed by atoms with Crippen molar-refractivity contribution in [3.05, 3.63) is 122 Å². The molecular formula is C71H123NO3. The molecule has 0 aromatic rings. The van der Waals surface area contributed by atoms with E-state index in [0.717, 1.165) is 96.3 Å². The smallest absolute Gasteiger partial charge is 0.220 e. The molecule has 0 spiro atoms. The highest BCUT2D eigenvalue weighted by Gasteiger charge is 2.20. The maximum atomic E-state index is 12.5. The molecule has 4 nitrogen and oxygen atoms in total. The summed E-state index contributed by atoms with van der Waals surface area (Å²) >= 11 is 0. The number of unbranched alkanes of at least 4 members (excludes halogenated alkanes) is 31. The maximum absolute atomic E-state index is 12.5. The average molecular weight is 1040 g/mol. The number of carbonyl (C=O) groups is 1. The molecule has 0 aliphatic heterocycles. The van der Waals surface area contributed by atoms with Crippen LogP contribution in [0.15, 0.2) is 122 Å².